The molecule has 0 saturated heterocycles. The zero-order valence-electron chi connectivity index (χ0n) is 17.6. The molecule has 1 aromatic heterocycles. The lowest BCUT2D eigenvalue weighted by molar-refractivity contribution is -0.139. The third-order valence-corrected chi connectivity index (χ3v) is 5.77. The minimum atomic E-state index is -1.09. The maximum Gasteiger partial charge on any atom is 0.407 e. The standard InChI is InChI=1S/C25H26N2O4/c1-16(2)27-13-7-8-17(27)14-23(24(28)29)26-25(30)31-15-22-20-11-5-3-9-18(20)19-10-4-6-12-21(19)22/h3-13,16,22-23H,14-15H2,1-2H3,(H,26,30)(H,28,29). The summed E-state index contributed by atoms with van der Waals surface area (Å²) >= 11 is 0. The minimum Gasteiger partial charge on any atom is -0.480 e. The van der Waals surface area contributed by atoms with E-state index in [0.717, 1.165) is 27.9 Å². The van der Waals surface area contributed by atoms with Gasteiger partial charge in [-0.05, 0) is 48.2 Å². The summed E-state index contributed by atoms with van der Waals surface area (Å²) in [5.74, 6) is -1.16. The van der Waals surface area contributed by atoms with E-state index in [1.54, 1.807) is 0 Å². The van der Waals surface area contributed by atoms with Gasteiger partial charge in [-0.15, -0.1) is 0 Å². The fraction of sp³-hybridized carbons (Fsp3) is 0.280. The lowest BCUT2D eigenvalue weighted by Gasteiger charge is -2.19. The molecule has 6 heteroatoms. The van der Waals surface area contributed by atoms with Crippen molar-refractivity contribution in [2.45, 2.75) is 38.3 Å². The number of hydrogen-bond donors (Lipinski definition) is 2. The predicted octanol–water partition coefficient (Wildman–Crippen LogP) is 4.60. The first kappa shape index (κ1) is 20.7. The number of amides is 1. The van der Waals surface area contributed by atoms with Crippen LogP contribution in [0.1, 0.15) is 42.6 Å². The highest BCUT2D eigenvalue weighted by atomic mass is 16.5. The van der Waals surface area contributed by atoms with Gasteiger partial charge in [0.05, 0.1) is 0 Å². The van der Waals surface area contributed by atoms with Crippen LogP contribution in [0, 0.1) is 0 Å². The summed E-state index contributed by atoms with van der Waals surface area (Å²) in [6.07, 6.45) is 1.37. The van der Waals surface area contributed by atoms with Crippen LogP contribution in [0.2, 0.25) is 0 Å². The third kappa shape index (κ3) is 4.19. The zero-order chi connectivity index (χ0) is 22.0. The molecule has 1 aliphatic rings. The Hall–Kier alpha value is -3.54. The van der Waals surface area contributed by atoms with Crippen LogP contribution in [-0.4, -0.2) is 34.4 Å². The molecule has 0 fully saturated rings. The number of rotatable bonds is 7. The summed E-state index contributed by atoms with van der Waals surface area (Å²) in [6, 6.07) is 19.0. The molecule has 1 heterocycles. The largest absolute Gasteiger partial charge is 0.480 e. The molecule has 0 radical (unpaired) electrons. The van der Waals surface area contributed by atoms with Crippen LogP contribution in [0.4, 0.5) is 4.79 Å². The maximum absolute atomic E-state index is 12.5. The van der Waals surface area contributed by atoms with Gasteiger partial charge in [0.25, 0.3) is 0 Å². The maximum atomic E-state index is 12.5. The van der Waals surface area contributed by atoms with Crippen molar-refractivity contribution >= 4 is 12.1 Å². The molecule has 0 spiro atoms. The number of benzene rings is 2. The highest BCUT2D eigenvalue weighted by Crippen LogP contribution is 2.44. The lowest BCUT2D eigenvalue weighted by atomic mass is 9.98. The quantitative estimate of drug-likeness (QED) is 0.587. The van der Waals surface area contributed by atoms with Gasteiger partial charge in [-0.3, -0.25) is 0 Å². The number of ether oxygens (including phenoxy) is 1. The van der Waals surface area contributed by atoms with Gasteiger partial charge in [-0.1, -0.05) is 48.5 Å². The van der Waals surface area contributed by atoms with Gasteiger partial charge in [0, 0.05) is 30.3 Å². The highest BCUT2D eigenvalue weighted by Gasteiger charge is 2.30. The van der Waals surface area contributed by atoms with E-state index in [1.807, 2.05) is 73.1 Å². The number of fused-ring (bicyclic) bond motifs is 3. The average Bonchev–Trinajstić information content (AvgIpc) is 3.34. The van der Waals surface area contributed by atoms with Crippen molar-refractivity contribution in [1.82, 2.24) is 9.88 Å². The molecule has 4 rings (SSSR count). The molecule has 1 unspecified atom stereocenters. The number of carbonyl (C=O) groups is 2. The highest BCUT2D eigenvalue weighted by molar-refractivity contribution is 5.81. The predicted molar refractivity (Wildman–Crippen MR) is 118 cm³/mol. The number of aliphatic carboxylic acids is 1. The Bertz CT molecular complexity index is 1060. The van der Waals surface area contributed by atoms with Crippen molar-refractivity contribution in [1.29, 1.82) is 0 Å². The Kier molecular flexibility index (Phi) is 5.80. The van der Waals surface area contributed by atoms with Crippen molar-refractivity contribution in [3.05, 3.63) is 83.7 Å². The number of carboxylic acids is 1. The van der Waals surface area contributed by atoms with Crippen molar-refractivity contribution in [3.8, 4) is 11.1 Å². The van der Waals surface area contributed by atoms with Crippen molar-refractivity contribution in [2.24, 2.45) is 0 Å². The number of nitrogens with zero attached hydrogens (tertiary/aromatic N) is 1. The molecule has 2 N–H and O–H groups in total. The summed E-state index contributed by atoms with van der Waals surface area (Å²) < 4.78 is 7.49. The van der Waals surface area contributed by atoms with Gasteiger partial charge in [0.2, 0.25) is 0 Å². The van der Waals surface area contributed by atoms with Crippen LogP contribution in [0.3, 0.4) is 0 Å². The Morgan fingerprint density at radius 2 is 1.61 bits per heavy atom. The van der Waals surface area contributed by atoms with Crippen LogP contribution in [-0.2, 0) is 16.0 Å². The first-order valence-electron chi connectivity index (χ1n) is 10.5. The topological polar surface area (TPSA) is 80.6 Å². The number of alkyl carbamates (subject to hydrolysis) is 1. The number of hydrogen-bond acceptors (Lipinski definition) is 3. The summed E-state index contributed by atoms with van der Waals surface area (Å²) in [6.45, 7) is 4.20. The second-order valence-electron chi connectivity index (χ2n) is 8.07. The molecule has 1 aliphatic carbocycles. The first-order chi connectivity index (χ1) is 15.0. The first-order valence-corrected chi connectivity index (χ1v) is 10.5. The number of aromatic nitrogens is 1. The van der Waals surface area contributed by atoms with Gasteiger partial charge in [-0.25, -0.2) is 9.59 Å². The van der Waals surface area contributed by atoms with Crippen molar-refractivity contribution < 1.29 is 19.4 Å². The van der Waals surface area contributed by atoms with Crippen molar-refractivity contribution in [3.63, 3.8) is 0 Å². The van der Waals surface area contributed by atoms with E-state index in [2.05, 4.69) is 17.4 Å². The summed E-state index contributed by atoms with van der Waals surface area (Å²) in [5.41, 5.74) is 5.36. The molecule has 3 aromatic rings. The van der Waals surface area contributed by atoms with Crippen LogP contribution >= 0.6 is 0 Å². The molecule has 1 atom stereocenters. The molecule has 0 saturated carbocycles. The minimum absolute atomic E-state index is 0.0698. The third-order valence-electron chi connectivity index (χ3n) is 5.77. The molecular weight excluding hydrogens is 392 g/mol. The lowest BCUT2D eigenvalue weighted by Crippen LogP contribution is -2.43. The molecule has 31 heavy (non-hydrogen) atoms. The van der Waals surface area contributed by atoms with Crippen LogP contribution in [0.15, 0.2) is 66.9 Å². The monoisotopic (exact) mass is 418 g/mol. The number of carboxylic acid groups (broad SMARTS) is 1. The van der Waals surface area contributed by atoms with E-state index in [-0.39, 0.29) is 25.0 Å². The fourth-order valence-electron chi connectivity index (χ4n) is 4.30. The molecule has 0 bridgehead atoms. The van der Waals surface area contributed by atoms with Crippen LogP contribution in [0.5, 0.6) is 0 Å². The van der Waals surface area contributed by atoms with Crippen LogP contribution in [0.25, 0.3) is 11.1 Å². The van der Waals surface area contributed by atoms with Crippen LogP contribution < -0.4 is 5.32 Å². The normalized spacial score (nSPS) is 13.5. The van der Waals surface area contributed by atoms with E-state index >= 15 is 0 Å². The van der Waals surface area contributed by atoms with Gasteiger partial charge < -0.3 is 19.7 Å². The smallest absolute Gasteiger partial charge is 0.407 e. The second-order valence-corrected chi connectivity index (χ2v) is 8.07. The van der Waals surface area contributed by atoms with E-state index in [0.29, 0.717) is 0 Å². The van der Waals surface area contributed by atoms with Gasteiger partial charge in [-0.2, -0.15) is 0 Å². The number of carbonyl (C=O) groups excluding carboxylic acids is 1. The Labute approximate surface area is 181 Å². The van der Waals surface area contributed by atoms with Gasteiger partial charge >= 0.3 is 12.1 Å². The molecule has 0 aliphatic heterocycles. The average molecular weight is 418 g/mol. The summed E-state index contributed by atoms with van der Waals surface area (Å²) in [4.78, 5) is 24.2. The van der Waals surface area contributed by atoms with Gasteiger partial charge in [0.1, 0.15) is 12.6 Å². The van der Waals surface area contributed by atoms with E-state index in [4.69, 9.17) is 4.74 Å². The summed E-state index contributed by atoms with van der Waals surface area (Å²) in [5, 5.41) is 12.1. The van der Waals surface area contributed by atoms with E-state index in [1.165, 1.54) is 0 Å². The second kappa shape index (κ2) is 8.68. The molecule has 6 nitrogen and oxygen atoms in total. The number of nitrogens with one attached hydrogen (secondary N) is 1. The SMILES string of the molecule is CC(C)n1cccc1CC(NC(=O)OCC1c2ccccc2-c2ccccc21)C(=O)O. The van der Waals surface area contributed by atoms with Gasteiger partial charge in [0.15, 0.2) is 0 Å². The molecule has 2 aromatic carbocycles. The molecule has 1 amide bonds. The Morgan fingerprint density at radius 1 is 1.00 bits per heavy atom. The summed E-state index contributed by atoms with van der Waals surface area (Å²) in [7, 11) is 0. The van der Waals surface area contributed by atoms with Crippen molar-refractivity contribution in [2.75, 3.05) is 6.61 Å². The Balaban J connectivity index is 1.44. The zero-order valence-corrected chi connectivity index (χ0v) is 17.6. The molecule has 160 valence electrons. The fourth-order valence-corrected chi connectivity index (χ4v) is 4.30. The van der Waals surface area contributed by atoms with E-state index < -0.39 is 18.1 Å². The molecular formula is C25H26N2O4. The Morgan fingerprint density at radius 3 is 2.19 bits per heavy atom. The van der Waals surface area contributed by atoms with E-state index in [9.17, 15) is 14.7 Å².